The number of carbonyl (C=O) groups is 1. The molecule has 3 nitrogen and oxygen atoms in total. The smallest absolute Gasteiger partial charge is 0.194 e. The molecule has 1 aliphatic rings. The SMILES string of the molecule is CC1(C)CC(=O)c2ccn(-c3ncc(Br)s3)c2C1. The summed E-state index contributed by atoms with van der Waals surface area (Å²) in [7, 11) is 0. The van der Waals surface area contributed by atoms with Gasteiger partial charge in [0.1, 0.15) is 0 Å². The summed E-state index contributed by atoms with van der Waals surface area (Å²) >= 11 is 5.00. The molecule has 0 aliphatic heterocycles. The summed E-state index contributed by atoms with van der Waals surface area (Å²) < 4.78 is 3.05. The van der Waals surface area contributed by atoms with Crippen LogP contribution in [0.15, 0.2) is 22.2 Å². The molecule has 1 aliphatic carbocycles. The molecule has 18 heavy (non-hydrogen) atoms. The van der Waals surface area contributed by atoms with E-state index in [1.54, 1.807) is 17.5 Å². The van der Waals surface area contributed by atoms with Gasteiger partial charge in [0.2, 0.25) is 0 Å². The van der Waals surface area contributed by atoms with E-state index in [0.29, 0.717) is 6.42 Å². The van der Waals surface area contributed by atoms with Crippen LogP contribution in [0.1, 0.15) is 36.3 Å². The Morgan fingerprint density at radius 2 is 2.22 bits per heavy atom. The van der Waals surface area contributed by atoms with E-state index in [4.69, 9.17) is 0 Å². The Morgan fingerprint density at radius 3 is 2.89 bits per heavy atom. The van der Waals surface area contributed by atoms with Crippen molar-refractivity contribution in [2.24, 2.45) is 5.41 Å². The fraction of sp³-hybridized carbons (Fsp3) is 0.385. The number of fused-ring (bicyclic) bond motifs is 1. The number of thiazole rings is 1. The van der Waals surface area contributed by atoms with Crippen molar-refractivity contribution < 1.29 is 4.79 Å². The summed E-state index contributed by atoms with van der Waals surface area (Å²) in [5.74, 6) is 0.246. The third kappa shape index (κ3) is 1.95. The minimum Gasteiger partial charge on any atom is -0.296 e. The Morgan fingerprint density at radius 1 is 1.44 bits per heavy atom. The molecule has 0 unspecified atom stereocenters. The van der Waals surface area contributed by atoms with Gasteiger partial charge in [-0.3, -0.25) is 9.36 Å². The number of nitrogens with zero attached hydrogens (tertiary/aromatic N) is 2. The molecule has 0 spiro atoms. The second-order valence-corrected chi connectivity index (χ2v) is 7.82. The highest BCUT2D eigenvalue weighted by Gasteiger charge is 2.33. The summed E-state index contributed by atoms with van der Waals surface area (Å²) in [5.41, 5.74) is 1.99. The maximum Gasteiger partial charge on any atom is 0.194 e. The number of hydrogen-bond acceptors (Lipinski definition) is 3. The van der Waals surface area contributed by atoms with Gasteiger partial charge in [-0.2, -0.15) is 0 Å². The van der Waals surface area contributed by atoms with Crippen molar-refractivity contribution in [3.05, 3.63) is 33.5 Å². The molecule has 2 heterocycles. The average Bonchev–Trinajstić information content (AvgIpc) is 2.82. The second kappa shape index (κ2) is 4.03. The van der Waals surface area contributed by atoms with E-state index in [2.05, 4.69) is 34.8 Å². The predicted molar refractivity (Wildman–Crippen MR) is 75.6 cm³/mol. The van der Waals surface area contributed by atoms with E-state index in [1.807, 2.05) is 16.8 Å². The Bertz CT molecular complexity index is 627. The first-order chi connectivity index (χ1) is 8.46. The third-order valence-corrected chi connectivity index (χ3v) is 4.72. The highest BCUT2D eigenvalue weighted by atomic mass is 79.9. The molecule has 0 aromatic carbocycles. The van der Waals surface area contributed by atoms with E-state index in [-0.39, 0.29) is 11.2 Å². The maximum absolute atomic E-state index is 12.1. The highest BCUT2D eigenvalue weighted by molar-refractivity contribution is 9.11. The van der Waals surface area contributed by atoms with Crippen molar-refractivity contribution in [1.82, 2.24) is 9.55 Å². The Labute approximate surface area is 118 Å². The molecule has 0 saturated carbocycles. The van der Waals surface area contributed by atoms with E-state index >= 15 is 0 Å². The quantitative estimate of drug-likeness (QED) is 0.798. The van der Waals surface area contributed by atoms with Crippen molar-refractivity contribution in [1.29, 1.82) is 0 Å². The second-order valence-electron chi connectivity index (χ2n) is 5.43. The molecule has 2 aromatic heterocycles. The van der Waals surface area contributed by atoms with Gasteiger partial charge < -0.3 is 0 Å². The first-order valence-electron chi connectivity index (χ1n) is 5.81. The van der Waals surface area contributed by atoms with Crippen LogP contribution in [0.2, 0.25) is 0 Å². The van der Waals surface area contributed by atoms with Crippen LogP contribution in [0, 0.1) is 5.41 Å². The molecule has 0 atom stereocenters. The first-order valence-corrected chi connectivity index (χ1v) is 7.42. The normalized spacial score (nSPS) is 17.8. The topological polar surface area (TPSA) is 34.9 Å². The number of rotatable bonds is 1. The fourth-order valence-corrected chi connectivity index (χ4v) is 3.67. The van der Waals surface area contributed by atoms with E-state index < -0.39 is 0 Å². The number of Topliss-reactive ketones (excluding diaryl/α,β-unsaturated/α-hetero) is 1. The van der Waals surface area contributed by atoms with Crippen LogP contribution in [0.4, 0.5) is 0 Å². The van der Waals surface area contributed by atoms with Gasteiger partial charge >= 0.3 is 0 Å². The van der Waals surface area contributed by atoms with Crippen LogP contribution in [0.25, 0.3) is 5.13 Å². The predicted octanol–water partition coefficient (Wildman–Crippen LogP) is 3.85. The Balaban J connectivity index is 2.12. The van der Waals surface area contributed by atoms with Gasteiger partial charge in [-0.1, -0.05) is 25.2 Å². The number of hydrogen-bond donors (Lipinski definition) is 0. The number of aromatic nitrogens is 2. The van der Waals surface area contributed by atoms with Gasteiger partial charge in [-0.05, 0) is 33.8 Å². The van der Waals surface area contributed by atoms with Crippen molar-refractivity contribution in [3.8, 4) is 5.13 Å². The van der Waals surface area contributed by atoms with Gasteiger partial charge in [0, 0.05) is 23.9 Å². The zero-order chi connectivity index (χ0) is 12.9. The lowest BCUT2D eigenvalue weighted by atomic mass is 9.76. The lowest BCUT2D eigenvalue weighted by molar-refractivity contribution is 0.0911. The molecule has 94 valence electrons. The van der Waals surface area contributed by atoms with Crippen molar-refractivity contribution in [3.63, 3.8) is 0 Å². The molecular weight excluding hydrogens is 312 g/mol. The number of ketones is 1. The van der Waals surface area contributed by atoms with Crippen LogP contribution in [-0.4, -0.2) is 15.3 Å². The minimum absolute atomic E-state index is 0.0364. The summed E-state index contributed by atoms with van der Waals surface area (Å²) in [5, 5.41) is 0.911. The number of carbonyl (C=O) groups excluding carboxylic acids is 1. The lowest BCUT2D eigenvalue weighted by Crippen LogP contribution is -2.27. The summed E-state index contributed by atoms with van der Waals surface area (Å²) in [6.45, 7) is 4.28. The third-order valence-electron chi connectivity index (χ3n) is 3.25. The van der Waals surface area contributed by atoms with Crippen molar-refractivity contribution in [2.45, 2.75) is 26.7 Å². The van der Waals surface area contributed by atoms with Crippen LogP contribution >= 0.6 is 27.3 Å². The Kier molecular flexibility index (Phi) is 2.71. The summed E-state index contributed by atoms with van der Waals surface area (Å²) in [4.78, 5) is 16.5. The van der Waals surface area contributed by atoms with Gasteiger partial charge in [-0.15, -0.1) is 0 Å². The lowest BCUT2D eigenvalue weighted by Gasteiger charge is -2.29. The Hall–Kier alpha value is -0.940. The van der Waals surface area contributed by atoms with E-state index in [9.17, 15) is 4.79 Å². The van der Waals surface area contributed by atoms with E-state index in [1.165, 1.54) is 0 Å². The summed E-state index contributed by atoms with van der Waals surface area (Å²) in [6, 6.07) is 1.92. The fourth-order valence-electron chi connectivity index (χ4n) is 2.48. The molecule has 0 N–H and O–H groups in total. The summed E-state index contributed by atoms with van der Waals surface area (Å²) in [6.07, 6.45) is 5.29. The highest BCUT2D eigenvalue weighted by Crippen LogP contribution is 2.37. The van der Waals surface area contributed by atoms with Gasteiger partial charge in [0.15, 0.2) is 10.9 Å². The largest absolute Gasteiger partial charge is 0.296 e. The molecule has 0 saturated heterocycles. The average molecular weight is 325 g/mol. The van der Waals surface area contributed by atoms with Crippen LogP contribution in [0.5, 0.6) is 0 Å². The minimum atomic E-state index is 0.0364. The zero-order valence-electron chi connectivity index (χ0n) is 10.2. The van der Waals surface area contributed by atoms with Crippen LogP contribution in [-0.2, 0) is 6.42 Å². The molecule has 0 bridgehead atoms. The standard InChI is InChI=1S/C13H13BrN2OS/c1-13(2)5-9-8(10(17)6-13)3-4-16(9)12-15-7-11(14)18-12/h3-4,7H,5-6H2,1-2H3. The van der Waals surface area contributed by atoms with Gasteiger partial charge in [0.05, 0.1) is 9.98 Å². The first kappa shape index (κ1) is 12.1. The van der Waals surface area contributed by atoms with Gasteiger partial charge in [-0.25, -0.2) is 4.98 Å². The monoisotopic (exact) mass is 324 g/mol. The molecule has 2 aromatic rings. The van der Waals surface area contributed by atoms with Crippen LogP contribution < -0.4 is 0 Å². The van der Waals surface area contributed by atoms with Crippen molar-refractivity contribution in [2.75, 3.05) is 0 Å². The molecule has 0 radical (unpaired) electrons. The molecular formula is C13H13BrN2OS. The molecule has 0 amide bonds. The van der Waals surface area contributed by atoms with Gasteiger partial charge in [0.25, 0.3) is 0 Å². The zero-order valence-corrected chi connectivity index (χ0v) is 12.6. The van der Waals surface area contributed by atoms with Crippen molar-refractivity contribution >= 4 is 33.0 Å². The molecule has 5 heteroatoms. The van der Waals surface area contributed by atoms with E-state index in [0.717, 1.165) is 26.6 Å². The van der Waals surface area contributed by atoms with Crippen LogP contribution in [0.3, 0.4) is 0 Å². The molecule has 0 fully saturated rings. The molecule has 3 rings (SSSR count). The number of halogens is 1. The maximum atomic E-state index is 12.1.